The van der Waals surface area contributed by atoms with Crippen LogP contribution in [0.25, 0.3) is 0 Å². The van der Waals surface area contributed by atoms with Crippen molar-refractivity contribution in [1.82, 2.24) is 0 Å². The van der Waals surface area contributed by atoms with E-state index < -0.39 is 0 Å². The van der Waals surface area contributed by atoms with Crippen molar-refractivity contribution in [3.8, 4) is 5.75 Å². The molecule has 0 aromatic heterocycles. The number of amides is 2. The molecule has 2 aliphatic rings. The van der Waals surface area contributed by atoms with E-state index in [0.29, 0.717) is 13.2 Å². The Hall–Kier alpha value is -3.02. The third kappa shape index (κ3) is 4.58. The molecular weight excluding hydrogens is 378 g/mol. The highest BCUT2D eigenvalue weighted by Crippen LogP contribution is 2.28. The number of nitrogens with one attached hydrogen (secondary N) is 1. The second-order valence-electron chi connectivity index (χ2n) is 7.92. The lowest BCUT2D eigenvalue weighted by Gasteiger charge is -2.28. The molecule has 2 aliphatic heterocycles. The van der Waals surface area contributed by atoms with Crippen LogP contribution < -0.4 is 19.9 Å². The molecule has 2 aromatic carbocycles. The second kappa shape index (κ2) is 9.20. The molecule has 6 nitrogen and oxygen atoms in total. The molecule has 0 aliphatic carbocycles. The van der Waals surface area contributed by atoms with Crippen LogP contribution >= 0.6 is 0 Å². The van der Waals surface area contributed by atoms with E-state index in [-0.39, 0.29) is 24.2 Å². The number of hydrogen-bond acceptors (Lipinski definition) is 4. The lowest BCUT2D eigenvalue weighted by molar-refractivity contribution is -0.122. The van der Waals surface area contributed by atoms with Gasteiger partial charge < -0.3 is 19.9 Å². The van der Waals surface area contributed by atoms with E-state index in [1.807, 2.05) is 43.3 Å². The number of benzene rings is 2. The number of piperidine rings is 1. The third-order valence-electron chi connectivity index (χ3n) is 5.81. The zero-order valence-corrected chi connectivity index (χ0v) is 17.5. The Morgan fingerprint density at radius 3 is 2.33 bits per heavy atom. The van der Waals surface area contributed by atoms with Crippen LogP contribution in [-0.4, -0.2) is 38.1 Å². The van der Waals surface area contributed by atoms with Gasteiger partial charge in [-0.25, -0.2) is 0 Å². The number of rotatable bonds is 6. The number of carbonyl (C=O) groups excluding carboxylic acids is 2. The molecule has 1 N–H and O–H groups in total. The van der Waals surface area contributed by atoms with Crippen LogP contribution in [0.3, 0.4) is 0 Å². The highest BCUT2D eigenvalue weighted by Gasteiger charge is 2.35. The van der Waals surface area contributed by atoms with Crippen molar-refractivity contribution < 1.29 is 14.3 Å². The first-order chi connectivity index (χ1) is 14.6. The minimum Gasteiger partial charge on any atom is -0.494 e. The van der Waals surface area contributed by atoms with Gasteiger partial charge in [-0.1, -0.05) is 0 Å². The van der Waals surface area contributed by atoms with Crippen LogP contribution in [0.1, 0.15) is 32.6 Å². The minimum atomic E-state index is -0.356. The average molecular weight is 408 g/mol. The summed E-state index contributed by atoms with van der Waals surface area (Å²) in [5.41, 5.74) is 2.77. The van der Waals surface area contributed by atoms with E-state index in [1.54, 1.807) is 4.90 Å². The minimum absolute atomic E-state index is 0.0280. The summed E-state index contributed by atoms with van der Waals surface area (Å²) >= 11 is 0. The molecule has 4 rings (SSSR count). The standard InChI is InChI=1S/C24H29N3O3/c1-2-30-22-12-10-21(11-13-22)27-17-18(16-23(27)28)24(29)25-19-6-8-20(9-7-19)26-14-4-3-5-15-26/h6-13,18H,2-5,14-17H2,1H3,(H,25,29). The van der Waals surface area contributed by atoms with Gasteiger partial charge in [0.1, 0.15) is 5.75 Å². The van der Waals surface area contributed by atoms with Crippen LogP contribution in [0.4, 0.5) is 17.1 Å². The molecule has 6 heteroatoms. The number of hydrogen-bond donors (Lipinski definition) is 1. The molecule has 0 saturated carbocycles. The molecule has 0 bridgehead atoms. The van der Waals surface area contributed by atoms with Crippen LogP contribution in [0.5, 0.6) is 5.75 Å². The maximum Gasteiger partial charge on any atom is 0.229 e. The van der Waals surface area contributed by atoms with Crippen molar-refractivity contribution in [1.29, 1.82) is 0 Å². The van der Waals surface area contributed by atoms with Gasteiger partial charge in [0.25, 0.3) is 0 Å². The number of anilines is 3. The van der Waals surface area contributed by atoms with Crippen molar-refractivity contribution in [3.05, 3.63) is 48.5 Å². The lowest BCUT2D eigenvalue weighted by Crippen LogP contribution is -2.29. The maximum atomic E-state index is 12.7. The highest BCUT2D eigenvalue weighted by atomic mass is 16.5. The monoisotopic (exact) mass is 407 g/mol. The topological polar surface area (TPSA) is 61.9 Å². The van der Waals surface area contributed by atoms with Crippen LogP contribution in [0.2, 0.25) is 0 Å². The summed E-state index contributed by atoms with van der Waals surface area (Å²) in [6.45, 7) is 5.12. The SMILES string of the molecule is CCOc1ccc(N2CC(C(=O)Nc3ccc(N4CCCCC4)cc3)CC2=O)cc1. The molecule has 0 radical (unpaired) electrons. The van der Waals surface area contributed by atoms with Gasteiger partial charge in [-0.2, -0.15) is 0 Å². The molecule has 2 heterocycles. The summed E-state index contributed by atoms with van der Waals surface area (Å²) < 4.78 is 5.45. The van der Waals surface area contributed by atoms with Crippen molar-refractivity contribution in [3.63, 3.8) is 0 Å². The zero-order valence-electron chi connectivity index (χ0n) is 17.5. The van der Waals surface area contributed by atoms with Crippen LogP contribution in [0, 0.1) is 5.92 Å². The summed E-state index contributed by atoms with van der Waals surface area (Å²) in [5, 5.41) is 2.98. The maximum absolute atomic E-state index is 12.7. The Labute approximate surface area is 177 Å². The smallest absolute Gasteiger partial charge is 0.229 e. The molecule has 1 unspecified atom stereocenters. The van der Waals surface area contributed by atoms with E-state index in [4.69, 9.17) is 4.74 Å². The third-order valence-corrected chi connectivity index (χ3v) is 5.81. The molecule has 2 fully saturated rings. The van der Waals surface area contributed by atoms with Gasteiger partial charge in [0.2, 0.25) is 11.8 Å². The van der Waals surface area contributed by atoms with E-state index in [9.17, 15) is 9.59 Å². The Balaban J connectivity index is 1.35. The fourth-order valence-corrected chi connectivity index (χ4v) is 4.17. The quantitative estimate of drug-likeness (QED) is 0.784. The fourth-order valence-electron chi connectivity index (χ4n) is 4.17. The summed E-state index contributed by atoms with van der Waals surface area (Å²) in [5.74, 6) is 0.281. The van der Waals surface area contributed by atoms with Gasteiger partial charge in [-0.3, -0.25) is 9.59 Å². The van der Waals surface area contributed by atoms with Crippen molar-refractivity contribution in [2.24, 2.45) is 5.92 Å². The molecule has 2 aromatic rings. The Morgan fingerprint density at radius 2 is 1.67 bits per heavy atom. The first-order valence-corrected chi connectivity index (χ1v) is 10.8. The van der Waals surface area contributed by atoms with Crippen molar-refractivity contribution >= 4 is 28.9 Å². The van der Waals surface area contributed by atoms with Gasteiger partial charge in [0.15, 0.2) is 0 Å². The summed E-state index contributed by atoms with van der Waals surface area (Å²) in [6, 6.07) is 15.4. The van der Waals surface area contributed by atoms with Crippen molar-refractivity contribution in [2.75, 3.05) is 41.4 Å². The number of ether oxygens (including phenoxy) is 1. The number of carbonyl (C=O) groups is 2. The van der Waals surface area contributed by atoms with Crippen LogP contribution in [-0.2, 0) is 9.59 Å². The van der Waals surface area contributed by atoms with E-state index in [2.05, 4.69) is 22.3 Å². The lowest BCUT2D eigenvalue weighted by atomic mass is 10.1. The summed E-state index contributed by atoms with van der Waals surface area (Å²) in [7, 11) is 0. The Morgan fingerprint density at radius 1 is 1.00 bits per heavy atom. The molecule has 0 spiro atoms. The Bertz CT molecular complexity index is 874. The van der Waals surface area contributed by atoms with Gasteiger partial charge in [0.05, 0.1) is 12.5 Å². The van der Waals surface area contributed by atoms with Gasteiger partial charge in [-0.05, 0) is 74.7 Å². The van der Waals surface area contributed by atoms with E-state index in [1.165, 1.54) is 24.9 Å². The highest BCUT2D eigenvalue weighted by molar-refractivity contribution is 6.03. The molecule has 2 amide bonds. The number of nitrogens with zero attached hydrogens (tertiary/aromatic N) is 2. The predicted octanol–water partition coefficient (Wildman–Crippen LogP) is 4.07. The van der Waals surface area contributed by atoms with Gasteiger partial charge >= 0.3 is 0 Å². The second-order valence-corrected chi connectivity index (χ2v) is 7.92. The van der Waals surface area contributed by atoms with Crippen LogP contribution in [0.15, 0.2) is 48.5 Å². The molecule has 1 atom stereocenters. The normalized spacial score (nSPS) is 19.1. The molecule has 30 heavy (non-hydrogen) atoms. The fraction of sp³-hybridized carbons (Fsp3) is 0.417. The van der Waals surface area contributed by atoms with E-state index in [0.717, 1.165) is 30.2 Å². The molecule has 2 saturated heterocycles. The molecule has 158 valence electrons. The largest absolute Gasteiger partial charge is 0.494 e. The first-order valence-electron chi connectivity index (χ1n) is 10.8. The zero-order chi connectivity index (χ0) is 20.9. The average Bonchev–Trinajstić information content (AvgIpc) is 3.17. The summed E-state index contributed by atoms with van der Waals surface area (Å²) in [6.07, 6.45) is 4.00. The van der Waals surface area contributed by atoms with Gasteiger partial charge in [0, 0.05) is 43.1 Å². The molecular formula is C24H29N3O3. The van der Waals surface area contributed by atoms with E-state index >= 15 is 0 Å². The predicted molar refractivity (Wildman–Crippen MR) is 119 cm³/mol. The van der Waals surface area contributed by atoms with Crippen molar-refractivity contribution in [2.45, 2.75) is 32.6 Å². The Kier molecular flexibility index (Phi) is 6.21. The van der Waals surface area contributed by atoms with Gasteiger partial charge in [-0.15, -0.1) is 0 Å². The first kappa shape index (κ1) is 20.3. The summed E-state index contributed by atoms with van der Waals surface area (Å²) in [4.78, 5) is 29.3.